The van der Waals surface area contributed by atoms with Gasteiger partial charge in [-0.3, -0.25) is 0 Å². The number of ether oxygens (including phenoxy) is 1. The van der Waals surface area contributed by atoms with Crippen LogP contribution >= 0.6 is 0 Å². The Bertz CT molecular complexity index is 682. The molecule has 6 nitrogen and oxygen atoms in total. The molecule has 0 atom stereocenters. The lowest BCUT2D eigenvalue weighted by atomic mass is 10.3. The second-order valence-corrected chi connectivity index (χ2v) is 6.07. The molecule has 0 aliphatic carbocycles. The van der Waals surface area contributed by atoms with Gasteiger partial charge in [0, 0.05) is 31.5 Å². The number of sulfonamides is 1. The summed E-state index contributed by atoms with van der Waals surface area (Å²) in [5, 5.41) is 2.94. The third kappa shape index (κ3) is 3.93. The van der Waals surface area contributed by atoms with Crippen LogP contribution in [-0.2, 0) is 16.6 Å². The van der Waals surface area contributed by atoms with Gasteiger partial charge in [-0.2, -0.15) is 0 Å². The zero-order valence-corrected chi connectivity index (χ0v) is 12.6. The Balaban J connectivity index is 2.05. The van der Waals surface area contributed by atoms with Crippen molar-refractivity contribution in [3.8, 4) is 5.88 Å². The number of aromatic nitrogens is 1. The summed E-state index contributed by atoms with van der Waals surface area (Å²) in [6.07, 6.45) is 1.57. The van der Waals surface area contributed by atoms with E-state index >= 15 is 0 Å². The molecule has 0 radical (unpaired) electrons. The van der Waals surface area contributed by atoms with Crippen LogP contribution in [0.15, 0.2) is 47.5 Å². The van der Waals surface area contributed by atoms with Gasteiger partial charge >= 0.3 is 0 Å². The average molecular weight is 307 g/mol. The smallest absolute Gasteiger partial charge is 0.240 e. The maximum absolute atomic E-state index is 12.2. The third-order valence-corrected chi connectivity index (χ3v) is 4.34. The van der Waals surface area contributed by atoms with Gasteiger partial charge in [0.2, 0.25) is 15.9 Å². The highest BCUT2D eigenvalue weighted by atomic mass is 32.2. The molecule has 1 heterocycles. The highest BCUT2D eigenvalue weighted by molar-refractivity contribution is 7.89. The van der Waals surface area contributed by atoms with Gasteiger partial charge in [-0.15, -0.1) is 0 Å². The van der Waals surface area contributed by atoms with Crippen molar-refractivity contribution in [3.63, 3.8) is 0 Å². The Morgan fingerprint density at radius 2 is 1.86 bits per heavy atom. The van der Waals surface area contributed by atoms with E-state index in [2.05, 4.69) is 15.0 Å². The first-order valence-electron chi connectivity index (χ1n) is 6.31. The molecule has 0 fully saturated rings. The first-order chi connectivity index (χ1) is 10.0. The van der Waals surface area contributed by atoms with Gasteiger partial charge in [-0.25, -0.2) is 18.1 Å². The maximum Gasteiger partial charge on any atom is 0.240 e. The fourth-order valence-corrected chi connectivity index (χ4v) is 2.72. The van der Waals surface area contributed by atoms with E-state index < -0.39 is 10.0 Å². The van der Waals surface area contributed by atoms with Crippen LogP contribution < -0.4 is 14.8 Å². The highest BCUT2D eigenvalue weighted by Crippen LogP contribution is 2.14. The highest BCUT2D eigenvalue weighted by Gasteiger charge is 2.13. The van der Waals surface area contributed by atoms with Crippen molar-refractivity contribution < 1.29 is 13.2 Å². The number of pyridine rings is 1. The van der Waals surface area contributed by atoms with Crippen molar-refractivity contribution in [2.75, 3.05) is 19.5 Å². The van der Waals surface area contributed by atoms with Gasteiger partial charge in [0.05, 0.1) is 12.0 Å². The van der Waals surface area contributed by atoms with Crippen LogP contribution in [0.3, 0.4) is 0 Å². The number of nitrogens with zero attached hydrogens (tertiary/aromatic N) is 1. The van der Waals surface area contributed by atoms with E-state index in [1.165, 1.54) is 7.11 Å². The summed E-state index contributed by atoms with van der Waals surface area (Å²) in [7, 11) is -0.232. The third-order valence-electron chi connectivity index (χ3n) is 2.93. The van der Waals surface area contributed by atoms with E-state index in [9.17, 15) is 8.42 Å². The Morgan fingerprint density at radius 1 is 1.14 bits per heavy atom. The molecule has 7 heteroatoms. The second-order valence-electron chi connectivity index (χ2n) is 4.31. The molecule has 0 aliphatic heterocycles. The Labute approximate surface area is 124 Å². The van der Waals surface area contributed by atoms with Crippen LogP contribution in [-0.4, -0.2) is 27.6 Å². The predicted octanol–water partition coefficient (Wildman–Crippen LogP) is 1.61. The molecule has 2 rings (SSSR count). The van der Waals surface area contributed by atoms with Gasteiger partial charge in [0.15, 0.2) is 0 Å². The van der Waals surface area contributed by atoms with Crippen LogP contribution in [0.4, 0.5) is 5.69 Å². The van der Waals surface area contributed by atoms with Gasteiger partial charge in [-0.05, 0) is 29.8 Å². The minimum Gasteiger partial charge on any atom is -0.481 e. The molecule has 0 saturated carbocycles. The molecule has 1 aromatic carbocycles. The molecular formula is C14H17N3O3S. The lowest BCUT2D eigenvalue weighted by molar-refractivity contribution is 0.397. The number of rotatable bonds is 6. The van der Waals surface area contributed by atoms with Crippen LogP contribution in [0.5, 0.6) is 5.88 Å². The molecule has 2 aromatic rings. The summed E-state index contributed by atoms with van der Waals surface area (Å²) >= 11 is 0. The number of benzene rings is 1. The van der Waals surface area contributed by atoms with Crippen molar-refractivity contribution in [2.24, 2.45) is 0 Å². The summed E-state index contributed by atoms with van der Waals surface area (Å²) in [6.45, 7) is 0.174. The fourth-order valence-electron chi connectivity index (χ4n) is 1.70. The fraction of sp³-hybridized carbons (Fsp3) is 0.214. The maximum atomic E-state index is 12.2. The molecule has 112 valence electrons. The number of nitrogens with one attached hydrogen (secondary N) is 2. The van der Waals surface area contributed by atoms with Gasteiger partial charge in [-0.1, -0.05) is 6.07 Å². The number of methoxy groups -OCH3 is 1. The van der Waals surface area contributed by atoms with E-state index in [0.29, 0.717) is 5.88 Å². The van der Waals surface area contributed by atoms with Crippen molar-refractivity contribution in [2.45, 2.75) is 11.4 Å². The van der Waals surface area contributed by atoms with E-state index in [0.717, 1.165) is 11.3 Å². The second kappa shape index (κ2) is 6.55. The molecular weight excluding hydrogens is 290 g/mol. The van der Waals surface area contributed by atoms with Crippen molar-refractivity contribution in [1.29, 1.82) is 0 Å². The van der Waals surface area contributed by atoms with Crippen LogP contribution in [0, 0.1) is 0 Å². The monoisotopic (exact) mass is 307 g/mol. The molecule has 1 aromatic heterocycles. The van der Waals surface area contributed by atoms with Gasteiger partial charge < -0.3 is 10.1 Å². The summed E-state index contributed by atoms with van der Waals surface area (Å²) in [6, 6.07) is 9.98. The van der Waals surface area contributed by atoms with Crippen LogP contribution in [0.2, 0.25) is 0 Å². The van der Waals surface area contributed by atoms with E-state index in [-0.39, 0.29) is 11.4 Å². The Hall–Kier alpha value is -2.12. The Morgan fingerprint density at radius 3 is 2.38 bits per heavy atom. The van der Waals surface area contributed by atoms with E-state index in [1.807, 2.05) is 0 Å². The summed E-state index contributed by atoms with van der Waals surface area (Å²) < 4.78 is 31.8. The van der Waals surface area contributed by atoms with Gasteiger partial charge in [0.1, 0.15) is 0 Å². The SMILES string of the molecule is CNc1ccc(S(=O)(=O)NCc2ccc(OC)nc2)cc1. The van der Waals surface area contributed by atoms with Crippen LogP contribution in [0.25, 0.3) is 0 Å². The molecule has 21 heavy (non-hydrogen) atoms. The Kier molecular flexibility index (Phi) is 4.77. The molecule has 2 N–H and O–H groups in total. The quantitative estimate of drug-likeness (QED) is 0.847. The molecule has 0 saturated heterocycles. The van der Waals surface area contributed by atoms with Crippen molar-refractivity contribution >= 4 is 15.7 Å². The zero-order valence-electron chi connectivity index (χ0n) is 11.8. The van der Waals surface area contributed by atoms with Gasteiger partial charge in [0.25, 0.3) is 0 Å². The number of hydrogen-bond donors (Lipinski definition) is 2. The zero-order chi connectivity index (χ0) is 15.3. The molecule has 0 spiro atoms. The molecule has 0 unspecified atom stereocenters. The standard InChI is InChI=1S/C14H17N3O3S/c1-15-12-4-6-13(7-5-12)21(18,19)17-10-11-3-8-14(20-2)16-9-11/h3-9,15,17H,10H2,1-2H3. The number of anilines is 1. The lowest BCUT2D eigenvalue weighted by Gasteiger charge is -2.08. The van der Waals surface area contributed by atoms with E-state index in [1.54, 1.807) is 49.6 Å². The molecule has 0 aliphatic rings. The number of hydrogen-bond acceptors (Lipinski definition) is 5. The van der Waals surface area contributed by atoms with Crippen molar-refractivity contribution in [3.05, 3.63) is 48.2 Å². The van der Waals surface area contributed by atoms with E-state index in [4.69, 9.17) is 4.74 Å². The molecule has 0 amide bonds. The molecule has 0 bridgehead atoms. The summed E-state index contributed by atoms with van der Waals surface area (Å²) in [5.41, 5.74) is 1.61. The normalized spacial score (nSPS) is 11.1. The first kappa shape index (κ1) is 15.3. The predicted molar refractivity (Wildman–Crippen MR) is 80.8 cm³/mol. The van der Waals surface area contributed by atoms with Crippen molar-refractivity contribution in [1.82, 2.24) is 9.71 Å². The first-order valence-corrected chi connectivity index (χ1v) is 7.80. The minimum absolute atomic E-state index is 0.174. The summed E-state index contributed by atoms with van der Waals surface area (Å²) in [4.78, 5) is 4.25. The van der Waals surface area contributed by atoms with Crippen LogP contribution in [0.1, 0.15) is 5.56 Å². The average Bonchev–Trinajstić information content (AvgIpc) is 2.53. The topological polar surface area (TPSA) is 80.3 Å². The minimum atomic E-state index is -3.54. The summed E-state index contributed by atoms with van der Waals surface area (Å²) in [5.74, 6) is 0.490. The largest absolute Gasteiger partial charge is 0.481 e. The lowest BCUT2D eigenvalue weighted by Crippen LogP contribution is -2.23.